The average Bonchev–Trinajstić information content (AvgIpc) is 2.19. The van der Waals surface area contributed by atoms with Crippen LogP contribution in [0.25, 0.3) is 0 Å². The van der Waals surface area contributed by atoms with Crippen LogP contribution in [0.1, 0.15) is 26.7 Å². The molecule has 0 bridgehead atoms. The zero-order valence-electron chi connectivity index (χ0n) is 7.48. The van der Waals surface area contributed by atoms with Gasteiger partial charge in [-0.1, -0.05) is 13.3 Å². The maximum atomic E-state index is 11.1. The molecule has 0 aromatic carbocycles. The van der Waals surface area contributed by atoms with E-state index in [0.29, 0.717) is 6.54 Å². The van der Waals surface area contributed by atoms with Crippen LogP contribution in [0.3, 0.4) is 0 Å². The van der Waals surface area contributed by atoms with Crippen LogP contribution < -0.4 is 5.32 Å². The van der Waals surface area contributed by atoms with E-state index in [0.717, 1.165) is 12.8 Å². The van der Waals surface area contributed by atoms with Crippen LogP contribution in [0, 0.1) is 0 Å². The molecule has 1 heterocycles. The normalized spacial score (nSPS) is 31.5. The first-order valence-electron chi connectivity index (χ1n) is 4.12. The number of hydrogen-bond donors (Lipinski definition) is 1. The van der Waals surface area contributed by atoms with Crippen LogP contribution in [0.15, 0.2) is 0 Å². The molecule has 1 rings (SSSR count). The van der Waals surface area contributed by atoms with Gasteiger partial charge in [-0.3, -0.25) is 10.1 Å². The summed E-state index contributed by atoms with van der Waals surface area (Å²) in [6, 6.07) is 0. The van der Waals surface area contributed by atoms with Crippen molar-refractivity contribution in [2.24, 2.45) is 0 Å². The number of hydrogen-bond acceptors (Lipinski definition) is 2. The molecule has 3 heteroatoms. The van der Waals surface area contributed by atoms with Crippen molar-refractivity contribution in [2.75, 3.05) is 13.6 Å². The van der Waals surface area contributed by atoms with Crippen LogP contribution >= 0.6 is 0 Å². The smallest absolute Gasteiger partial charge is 0.237 e. The van der Waals surface area contributed by atoms with Gasteiger partial charge >= 0.3 is 0 Å². The van der Waals surface area contributed by atoms with Crippen molar-refractivity contribution >= 4 is 5.91 Å². The molecule has 0 aromatic heterocycles. The molecule has 1 amide bonds. The van der Waals surface area contributed by atoms with Crippen molar-refractivity contribution in [1.29, 1.82) is 0 Å². The average molecular weight is 156 g/mol. The zero-order chi connectivity index (χ0) is 8.48. The largest absolute Gasteiger partial charge is 0.327 e. The van der Waals surface area contributed by atoms with E-state index >= 15 is 0 Å². The van der Waals surface area contributed by atoms with Gasteiger partial charge in [0.25, 0.3) is 0 Å². The molecule has 1 fully saturated rings. The zero-order valence-corrected chi connectivity index (χ0v) is 7.48. The predicted octanol–water partition coefficient (Wildman–Crippen LogP) is 0.564. The quantitative estimate of drug-likeness (QED) is 0.633. The standard InChI is InChI=1S/C8H16N2O/c1-4-5-8(2)9-6-7(11)10(8)3/h9H,4-6H2,1-3H3. The lowest BCUT2D eigenvalue weighted by Gasteiger charge is -2.31. The maximum Gasteiger partial charge on any atom is 0.237 e. The van der Waals surface area contributed by atoms with Crippen LogP contribution in [-0.2, 0) is 4.79 Å². The van der Waals surface area contributed by atoms with Crippen molar-refractivity contribution in [3.63, 3.8) is 0 Å². The van der Waals surface area contributed by atoms with Crippen LogP contribution in [-0.4, -0.2) is 30.1 Å². The number of nitrogens with zero attached hydrogens (tertiary/aromatic N) is 1. The lowest BCUT2D eigenvalue weighted by Crippen LogP contribution is -2.47. The van der Waals surface area contributed by atoms with Gasteiger partial charge in [-0.2, -0.15) is 0 Å². The van der Waals surface area contributed by atoms with Gasteiger partial charge in [-0.25, -0.2) is 0 Å². The Kier molecular flexibility index (Phi) is 2.18. The van der Waals surface area contributed by atoms with Crippen LogP contribution in [0.2, 0.25) is 0 Å². The lowest BCUT2D eigenvalue weighted by atomic mass is 10.1. The van der Waals surface area contributed by atoms with E-state index in [4.69, 9.17) is 0 Å². The van der Waals surface area contributed by atoms with E-state index in [-0.39, 0.29) is 11.6 Å². The number of carbonyl (C=O) groups is 1. The lowest BCUT2D eigenvalue weighted by molar-refractivity contribution is -0.128. The fourth-order valence-electron chi connectivity index (χ4n) is 1.52. The second-order valence-electron chi connectivity index (χ2n) is 3.33. The molecular weight excluding hydrogens is 140 g/mol. The summed E-state index contributed by atoms with van der Waals surface area (Å²) in [7, 11) is 1.86. The molecule has 0 aromatic rings. The van der Waals surface area contributed by atoms with Gasteiger partial charge in [0, 0.05) is 7.05 Å². The van der Waals surface area contributed by atoms with Crippen molar-refractivity contribution in [1.82, 2.24) is 10.2 Å². The van der Waals surface area contributed by atoms with Crippen molar-refractivity contribution in [2.45, 2.75) is 32.4 Å². The van der Waals surface area contributed by atoms with Gasteiger partial charge < -0.3 is 4.90 Å². The molecule has 1 atom stereocenters. The minimum absolute atomic E-state index is 0.0914. The molecule has 1 saturated heterocycles. The number of nitrogens with one attached hydrogen (secondary N) is 1. The van der Waals surface area contributed by atoms with E-state index in [9.17, 15) is 4.79 Å². The molecule has 64 valence electrons. The minimum Gasteiger partial charge on any atom is -0.327 e. The predicted molar refractivity (Wildman–Crippen MR) is 44.1 cm³/mol. The molecule has 1 unspecified atom stereocenters. The Morgan fingerprint density at radius 3 is 2.73 bits per heavy atom. The second-order valence-corrected chi connectivity index (χ2v) is 3.33. The fourth-order valence-corrected chi connectivity index (χ4v) is 1.52. The monoisotopic (exact) mass is 156 g/mol. The van der Waals surface area contributed by atoms with Gasteiger partial charge in [-0.05, 0) is 13.3 Å². The van der Waals surface area contributed by atoms with E-state index in [1.807, 2.05) is 7.05 Å². The Hall–Kier alpha value is -0.570. The highest BCUT2D eigenvalue weighted by atomic mass is 16.2. The van der Waals surface area contributed by atoms with Crippen LogP contribution in [0.4, 0.5) is 0 Å². The summed E-state index contributed by atoms with van der Waals surface area (Å²) in [5, 5.41) is 3.21. The Bertz CT molecular complexity index is 169. The highest BCUT2D eigenvalue weighted by Gasteiger charge is 2.37. The third-order valence-corrected chi connectivity index (χ3v) is 2.47. The van der Waals surface area contributed by atoms with Crippen molar-refractivity contribution in [3.05, 3.63) is 0 Å². The number of rotatable bonds is 2. The number of carbonyl (C=O) groups excluding carboxylic acids is 1. The molecule has 0 aliphatic carbocycles. The van der Waals surface area contributed by atoms with Crippen molar-refractivity contribution < 1.29 is 4.79 Å². The third-order valence-electron chi connectivity index (χ3n) is 2.47. The molecule has 11 heavy (non-hydrogen) atoms. The van der Waals surface area contributed by atoms with Gasteiger partial charge in [0.2, 0.25) is 5.91 Å². The Morgan fingerprint density at radius 1 is 1.73 bits per heavy atom. The SMILES string of the molecule is CCCC1(C)NCC(=O)N1C. The topological polar surface area (TPSA) is 32.3 Å². The van der Waals surface area contributed by atoms with Crippen molar-refractivity contribution in [3.8, 4) is 0 Å². The molecule has 0 radical (unpaired) electrons. The van der Waals surface area contributed by atoms with E-state index in [1.54, 1.807) is 4.90 Å². The molecule has 1 aliphatic heterocycles. The van der Waals surface area contributed by atoms with Crippen LogP contribution in [0.5, 0.6) is 0 Å². The molecule has 1 N–H and O–H groups in total. The summed E-state index contributed by atoms with van der Waals surface area (Å²) in [5.41, 5.74) is -0.0914. The van der Waals surface area contributed by atoms with Gasteiger partial charge in [0.1, 0.15) is 0 Å². The van der Waals surface area contributed by atoms with Gasteiger partial charge in [0.05, 0.1) is 12.2 Å². The van der Waals surface area contributed by atoms with Gasteiger partial charge in [-0.15, -0.1) is 0 Å². The molecule has 3 nitrogen and oxygen atoms in total. The van der Waals surface area contributed by atoms with E-state index in [2.05, 4.69) is 19.2 Å². The highest BCUT2D eigenvalue weighted by Crippen LogP contribution is 2.20. The first-order valence-corrected chi connectivity index (χ1v) is 4.12. The summed E-state index contributed by atoms with van der Waals surface area (Å²) < 4.78 is 0. The fraction of sp³-hybridized carbons (Fsp3) is 0.875. The maximum absolute atomic E-state index is 11.1. The summed E-state index contributed by atoms with van der Waals surface area (Å²) in [6.07, 6.45) is 2.12. The summed E-state index contributed by atoms with van der Waals surface area (Å²) in [6.45, 7) is 4.69. The summed E-state index contributed by atoms with van der Waals surface area (Å²) in [5.74, 6) is 0.195. The van der Waals surface area contributed by atoms with Gasteiger partial charge in [0.15, 0.2) is 0 Å². The molecular formula is C8H16N2O. The Balaban J connectivity index is 2.64. The highest BCUT2D eigenvalue weighted by molar-refractivity contribution is 5.81. The number of amides is 1. The number of likely N-dealkylation sites (N-methyl/N-ethyl adjacent to an activating group) is 1. The van der Waals surface area contributed by atoms with E-state index < -0.39 is 0 Å². The molecule has 1 aliphatic rings. The summed E-state index contributed by atoms with van der Waals surface area (Å²) in [4.78, 5) is 12.9. The Morgan fingerprint density at radius 2 is 2.36 bits per heavy atom. The van der Waals surface area contributed by atoms with E-state index in [1.165, 1.54) is 0 Å². The first-order chi connectivity index (χ1) is 5.10. The summed E-state index contributed by atoms with van der Waals surface area (Å²) >= 11 is 0. The minimum atomic E-state index is -0.0914. The molecule has 0 spiro atoms. The Labute approximate surface area is 67.8 Å². The first kappa shape index (κ1) is 8.53. The third kappa shape index (κ3) is 1.38. The molecule has 0 saturated carbocycles. The second kappa shape index (κ2) is 2.81.